The fourth-order valence-corrected chi connectivity index (χ4v) is 5.22. The highest BCUT2D eigenvalue weighted by Gasteiger charge is 2.29. The molecule has 1 aliphatic rings. The SMILES string of the molecule is CCC1(NCc2cc(C(=O)OCCNCc3ccccc3CCO)cc(Br)c2N)CCCCC1. The molecule has 0 heterocycles. The number of rotatable bonds is 12. The van der Waals surface area contributed by atoms with Crippen LogP contribution in [0.15, 0.2) is 40.9 Å². The number of esters is 1. The summed E-state index contributed by atoms with van der Waals surface area (Å²) in [4.78, 5) is 12.7. The molecule has 0 aliphatic heterocycles. The van der Waals surface area contributed by atoms with Gasteiger partial charge in [0, 0.05) is 36.3 Å². The Morgan fingerprint density at radius 2 is 1.85 bits per heavy atom. The first-order valence-corrected chi connectivity index (χ1v) is 13.2. The molecule has 1 saturated carbocycles. The molecule has 3 rings (SSSR count). The number of nitrogen functional groups attached to an aromatic ring is 1. The van der Waals surface area contributed by atoms with Crippen molar-refractivity contribution in [2.45, 2.75) is 70.5 Å². The van der Waals surface area contributed by atoms with E-state index >= 15 is 0 Å². The molecule has 0 radical (unpaired) electrons. The Morgan fingerprint density at radius 1 is 1.12 bits per heavy atom. The van der Waals surface area contributed by atoms with Gasteiger partial charge in [-0.25, -0.2) is 4.79 Å². The highest BCUT2D eigenvalue weighted by atomic mass is 79.9. The molecule has 2 aromatic rings. The first kappa shape index (κ1) is 26.7. The van der Waals surface area contributed by atoms with Crippen molar-refractivity contribution in [1.29, 1.82) is 0 Å². The third kappa shape index (κ3) is 7.28. The fraction of sp³-hybridized carbons (Fsp3) is 0.519. The van der Waals surface area contributed by atoms with Gasteiger partial charge in [0.15, 0.2) is 0 Å². The number of aliphatic hydroxyl groups is 1. The number of nitrogens with two attached hydrogens (primary N) is 1. The summed E-state index contributed by atoms with van der Waals surface area (Å²) in [6, 6.07) is 11.6. The van der Waals surface area contributed by atoms with E-state index in [1.54, 1.807) is 6.07 Å². The standard InChI is InChI=1S/C27H38BrN3O3/c1-2-27(11-6-3-7-12-27)31-19-23-16-22(17-24(28)25(23)29)26(33)34-15-13-30-18-21-9-5-4-8-20(21)10-14-32/h4-5,8-9,16-17,30-32H,2-3,6-7,10-15,18-19,29H2,1H3. The average molecular weight is 533 g/mol. The van der Waals surface area contributed by atoms with Gasteiger partial charge in [0.2, 0.25) is 0 Å². The van der Waals surface area contributed by atoms with Gasteiger partial charge < -0.3 is 26.2 Å². The van der Waals surface area contributed by atoms with Crippen LogP contribution >= 0.6 is 15.9 Å². The first-order chi connectivity index (χ1) is 16.5. The first-order valence-electron chi connectivity index (χ1n) is 12.4. The van der Waals surface area contributed by atoms with Gasteiger partial charge in [0.05, 0.1) is 11.3 Å². The normalized spacial score (nSPS) is 15.3. The molecular formula is C27H38BrN3O3. The van der Waals surface area contributed by atoms with E-state index in [0.717, 1.165) is 23.1 Å². The second kappa shape index (κ2) is 13.2. The third-order valence-electron chi connectivity index (χ3n) is 6.92. The number of aliphatic hydroxyl groups excluding tert-OH is 1. The third-order valence-corrected chi connectivity index (χ3v) is 7.58. The average Bonchev–Trinajstić information content (AvgIpc) is 2.86. The number of hydrogen-bond acceptors (Lipinski definition) is 6. The minimum atomic E-state index is -0.354. The van der Waals surface area contributed by atoms with Crippen molar-refractivity contribution in [2.24, 2.45) is 0 Å². The predicted octanol–water partition coefficient (Wildman–Crippen LogP) is 4.72. The second-order valence-corrected chi connectivity index (χ2v) is 9.99. The van der Waals surface area contributed by atoms with Crippen LogP contribution in [-0.4, -0.2) is 36.4 Å². The van der Waals surface area contributed by atoms with Crippen LogP contribution in [0, 0.1) is 0 Å². The van der Waals surface area contributed by atoms with Gasteiger partial charge in [-0.05, 0) is 70.4 Å². The number of ether oxygens (including phenoxy) is 1. The zero-order valence-electron chi connectivity index (χ0n) is 20.2. The van der Waals surface area contributed by atoms with Crippen molar-refractivity contribution in [1.82, 2.24) is 10.6 Å². The van der Waals surface area contributed by atoms with Gasteiger partial charge in [0.1, 0.15) is 6.61 Å². The van der Waals surface area contributed by atoms with Crippen molar-refractivity contribution in [3.05, 3.63) is 63.1 Å². The molecular weight excluding hydrogens is 494 g/mol. The smallest absolute Gasteiger partial charge is 0.338 e. The minimum absolute atomic E-state index is 0.128. The molecule has 2 aromatic carbocycles. The largest absolute Gasteiger partial charge is 0.461 e. The Balaban J connectivity index is 1.52. The molecule has 0 atom stereocenters. The number of carbonyl (C=O) groups is 1. The van der Waals surface area contributed by atoms with E-state index in [0.29, 0.717) is 41.8 Å². The lowest BCUT2D eigenvalue weighted by Gasteiger charge is -2.38. The van der Waals surface area contributed by atoms with E-state index in [1.165, 1.54) is 32.1 Å². The molecule has 5 N–H and O–H groups in total. The number of halogens is 1. The summed E-state index contributed by atoms with van der Waals surface area (Å²) in [6.07, 6.45) is 7.92. The number of carbonyl (C=O) groups excluding carboxylic acids is 1. The van der Waals surface area contributed by atoms with Crippen LogP contribution in [-0.2, 0) is 24.2 Å². The summed E-state index contributed by atoms with van der Waals surface area (Å²) in [7, 11) is 0. The molecule has 6 nitrogen and oxygen atoms in total. The van der Waals surface area contributed by atoms with Crippen LogP contribution in [0.4, 0.5) is 5.69 Å². The van der Waals surface area contributed by atoms with Crippen LogP contribution in [0.2, 0.25) is 0 Å². The second-order valence-electron chi connectivity index (χ2n) is 9.13. The highest BCUT2D eigenvalue weighted by Crippen LogP contribution is 2.32. The van der Waals surface area contributed by atoms with Gasteiger partial charge >= 0.3 is 5.97 Å². The summed E-state index contributed by atoms with van der Waals surface area (Å²) >= 11 is 3.51. The molecule has 186 valence electrons. The van der Waals surface area contributed by atoms with Crippen molar-refractivity contribution >= 4 is 27.6 Å². The Hall–Kier alpha value is -1.93. The van der Waals surface area contributed by atoms with Crippen LogP contribution in [0.3, 0.4) is 0 Å². The lowest BCUT2D eigenvalue weighted by Crippen LogP contribution is -2.45. The van der Waals surface area contributed by atoms with Crippen LogP contribution < -0.4 is 16.4 Å². The van der Waals surface area contributed by atoms with Crippen molar-refractivity contribution in [3.8, 4) is 0 Å². The van der Waals surface area contributed by atoms with Gasteiger partial charge in [0.25, 0.3) is 0 Å². The molecule has 7 heteroatoms. The Kier molecular flexibility index (Phi) is 10.4. The Morgan fingerprint density at radius 3 is 2.56 bits per heavy atom. The van der Waals surface area contributed by atoms with Crippen LogP contribution in [0.1, 0.15) is 72.5 Å². The van der Waals surface area contributed by atoms with Crippen molar-refractivity contribution < 1.29 is 14.6 Å². The molecule has 0 spiro atoms. The van der Waals surface area contributed by atoms with Gasteiger partial charge in [-0.1, -0.05) is 50.5 Å². The van der Waals surface area contributed by atoms with Crippen LogP contribution in [0.5, 0.6) is 0 Å². The molecule has 0 bridgehead atoms. The Bertz CT molecular complexity index is 945. The van der Waals surface area contributed by atoms with E-state index in [4.69, 9.17) is 10.5 Å². The van der Waals surface area contributed by atoms with E-state index in [9.17, 15) is 9.90 Å². The van der Waals surface area contributed by atoms with E-state index < -0.39 is 0 Å². The maximum atomic E-state index is 12.7. The number of hydrogen-bond donors (Lipinski definition) is 4. The summed E-state index contributed by atoms with van der Waals surface area (Å²) in [6.45, 7) is 4.48. The zero-order valence-corrected chi connectivity index (χ0v) is 21.8. The van der Waals surface area contributed by atoms with Gasteiger partial charge in [-0.15, -0.1) is 0 Å². The monoisotopic (exact) mass is 531 g/mol. The molecule has 0 aromatic heterocycles. The van der Waals surface area contributed by atoms with Crippen molar-refractivity contribution in [2.75, 3.05) is 25.5 Å². The van der Waals surface area contributed by atoms with Crippen molar-refractivity contribution in [3.63, 3.8) is 0 Å². The zero-order chi connectivity index (χ0) is 24.4. The molecule has 34 heavy (non-hydrogen) atoms. The number of anilines is 1. The lowest BCUT2D eigenvalue weighted by molar-refractivity contribution is 0.0508. The molecule has 0 unspecified atom stereocenters. The fourth-order valence-electron chi connectivity index (χ4n) is 4.72. The molecule has 0 saturated heterocycles. The summed E-state index contributed by atoms with van der Waals surface area (Å²) in [5.74, 6) is -0.354. The topological polar surface area (TPSA) is 96.6 Å². The minimum Gasteiger partial charge on any atom is -0.461 e. The summed E-state index contributed by atoms with van der Waals surface area (Å²) in [5, 5.41) is 16.3. The lowest BCUT2D eigenvalue weighted by atomic mass is 9.79. The predicted molar refractivity (Wildman–Crippen MR) is 141 cm³/mol. The van der Waals surface area contributed by atoms with E-state index in [-0.39, 0.29) is 24.7 Å². The highest BCUT2D eigenvalue weighted by molar-refractivity contribution is 9.10. The maximum Gasteiger partial charge on any atom is 0.338 e. The molecule has 1 fully saturated rings. The number of benzene rings is 2. The van der Waals surface area contributed by atoms with E-state index in [2.05, 4.69) is 33.5 Å². The summed E-state index contributed by atoms with van der Waals surface area (Å²) < 4.78 is 6.22. The Labute approximate surface area is 211 Å². The summed E-state index contributed by atoms with van der Waals surface area (Å²) in [5.41, 5.74) is 10.8. The van der Waals surface area contributed by atoms with Gasteiger partial charge in [-0.3, -0.25) is 0 Å². The molecule has 1 aliphatic carbocycles. The quantitative estimate of drug-likeness (QED) is 0.180. The van der Waals surface area contributed by atoms with E-state index in [1.807, 2.05) is 30.3 Å². The maximum absolute atomic E-state index is 12.7. The number of nitrogens with one attached hydrogen (secondary N) is 2. The van der Waals surface area contributed by atoms with Crippen LogP contribution in [0.25, 0.3) is 0 Å². The molecule has 0 amide bonds. The van der Waals surface area contributed by atoms with Gasteiger partial charge in [-0.2, -0.15) is 0 Å².